The Morgan fingerprint density at radius 2 is 1.82 bits per heavy atom. The molecule has 0 bridgehead atoms. The monoisotopic (exact) mass is 325 g/mol. The van der Waals surface area contributed by atoms with Crippen LogP contribution in [0.25, 0.3) is 0 Å². The number of carbonyl (C=O) groups excluding carboxylic acids is 2. The van der Waals surface area contributed by atoms with Gasteiger partial charge in [0.2, 0.25) is 10.0 Å². The van der Waals surface area contributed by atoms with Crippen molar-refractivity contribution in [2.45, 2.75) is 13.3 Å². The number of benzene rings is 1. The van der Waals surface area contributed by atoms with Crippen molar-refractivity contribution in [3.63, 3.8) is 0 Å². The molecule has 6 nitrogen and oxygen atoms in total. The van der Waals surface area contributed by atoms with E-state index in [4.69, 9.17) is 4.74 Å². The van der Waals surface area contributed by atoms with E-state index in [2.05, 4.69) is 0 Å². The van der Waals surface area contributed by atoms with E-state index in [0.717, 1.165) is 17.0 Å². The third-order valence-corrected chi connectivity index (χ3v) is 5.01. The molecule has 1 aliphatic rings. The minimum atomic E-state index is -3.34. The molecule has 2 rings (SSSR count). The molecule has 1 aromatic rings. The molecule has 0 aromatic heterocycles. The van der Waals surface area contributed by atoms with Crippen molar-refractivity contribution in [1.29, 1.82) is 0 Å². The average molecular weight is 325 g/mol. The number of ketones is 1. The summed E-state index contributed by atoms with van der Waals surface area (Å²) < 4.78 is 29.0. The van der Waals surface area contributed by atoms with Crippen molar-refractivity contribution in [3.8, 4) is 0 Å². The summed E-state index contributed by atoms with van der Waals surface area (Å²) in [5.74, 6) is -0.364. The third kappa shape index (κ3) is 3.85. The largest absolute Gasteiger partial charge is 0.457 e. The van der Waals surface area contributed by atoms with Gasteiger partial charge in [-0.25, -0.2) is 8.42 Å². The lowest BCUT2D eigenvalue weighted by molar-refractivity contribution is -0.144. The first-order chi connectivity index (χ1) is 10.2. The second-order valence-corrected chi connectivity index (χ2v) is 7.64. The summed E-state index contributed by atoms with van der Waals surface area (Å²) in [4.78, 5) is 23.5. The van der Waals surface area contributed by atoms with Crippen LogP contribution in [0, 0.1) is 11.8 Å². The van der Waals surface area contributed by atoms with Crippen molar-refractivity contribution in [2.24, 2.45) is 11.8 Å². The Labute approximate surface area is 130 Å². The number of hydrogen-bond donors (Lipinski definition) is 0. The van der Waals surface area contributed by atoms with E-state index in [1.165, 1.54) is 19.2 Å². The lowest BCUT2D eigenvalue weighted by Crippen LogP contribution is -2.24. The predicted octanol–water partition coefficient (Wildman–Crippen LogP) is 1.46. The average Bonchev–Trinajstić information content (AvgIpc) is 3.20. The lowest BCUT2D eigenvalue weighted by atomic mass is 10.1. The van der Waals surface area contributed by atoms with Crippen LogP contribution < -0.4 is 4.31 Å². The number of carbonyl (C=O) groups is 2. The van der Waals surface area contributed by atoms with Gasteiger partial charge in [0.1, 0.15) is 0 Å². The highest BCUT2D eigenvalue weighted by Gasteiger charge is 2.40. The maximum atomic E-state index is 11.9. The third-order valence-electron chi connectivity index (χ3n) is 3.81. The molecule has 2 atom stereocenters. The van der Waals surface area contributed by atoms with Gasteiger partial charge in [-0.15, -0.1) is 0 Å². The fraction of sp³-hybridized carbons (Fsp3) is 0.467. The number of Topliss-reactive ketones (excluding diaryl/α,β-unsaturated/α-hetero) is 1. The molecule has 1 aromatic carbocycles. The molecule has 0 N–H and O–H groups in total. The molecule has 0 heterocycles. The van der Waals surface area contributed by atoms with Crippen molar-refractivity contribution in [3.05, 3.63) is 29.8 Å². The van der Waals surface area contributed by atoms with Crippen LogP contribution in [0.4, 0.5) is 5.69 Å². The molecule has 7 heteroatoms. The Balaban J connectivity index is 1.95. The molecule has 0 saturated heterocycles. The van der Waals surface area contributed by atoms with Gasteiger partial charge in [-0.05, 0) is 36.6 Å². The highest BCUT2D eigenvalue weighted by molar-refractivity contribution is 7.92. The van der Waals surface area contributed by atoms with Crippen molar-refractivity contribution in [1.82, 2.24) is 0 Å². The van der Waals surface area contributed by atoms with Gasteiger partial charge in [-0.1, -0.05) is 6.92 Å². The van der Waals surface area contributed by atoms with Crippen molar-refractivity contribution in [2.75, 3.05) is 24.2 Å². The van der Waals surface area contributed by atoms with Crippen LogP contribution in [0.1, 0.15) is 23.7 Å². The minimum Gasteiger partial charge on any atom is -0.457 e. The fourth-order valence-electron chi connectivity index (χ4n) is 2.03. The SMILES string of the molecule is C[C@@H]1C[C@H]1C(=O)OCC(=O)c1ccc(N(C)S(C)(=O)=O)cc1. The Hall–Kier alpha value is -1.89. The highest BCUT2D eigenvalue weighted by Crippen LogP contribution is 2.38. The van der Waals surface area contributed by atoms with Crippen molar-refractivity contribution >= 4 is 27.5 Å². The summed E-state index contributed by atoms with van der Waals surface area (Å²) in [7, 11) is -1.90. The van der Waals surface area contributed by atoms with E-state index >= 15 is 0 Å². The van der Waals surface area contributed by atoms with E-state index in [0.29, 0.717) is 17.2 Å². The molecule has 1 fully saturated rings. The number of rotatable bonds is 6. The summed E-state index contributed by atoms with van der Waals surface area (Å²) in [5, 5.41) is 0. The second kappa shape index (κ2) is 6.08. The van der Waals surface area contributed by atoms with E-state index < -0.39 is 10.0 Å². The molecule has 0 unspecified atom stereocenters. The Bertz CT molecular complexity index is 680. The second-order valence-electron chi connectivity index (χ2n) is 5.63. The van der Waals surface area contributed by atoms with Gasteiger partial charge in [0, 0.05) is 12.6 Å². The Morgan fingerprint density at radius 3 is 2.27 bits per heavy atom. The molecule has 0 aliphatic heterocycles. The summed E-state index contributed by atoms with van der Waals surface area (Å²) in [6.07, 6.45) is 1.92. The van der Waals surface area contributed by atoms with E-state index in [1.807, 2.05) is 6.92 Å². The first kappa shape index (κ1) is 16.5. The molecule has 0 spiro atoms. The molecular formula is C15H19NO5S. The minimum absolute atomic E-state index is 0.0708. The number of ether oxygens (including phenoxy) is 1. The van der Waals surface area contributed by atoms with Gasteiger partial charge < -0.3 is 4.74 Å². The molecular weight excluding hydrogens is 306 g/mol. The summed E-state index contributed by atoms with van der Waals surface area (Å²) >= 11 is 0. The standard InChI is InChI=1S/C15H19NO5S/c1-10-8-13(10)15(18)21-9-14(17)11-4-6-12(7-5-11)16(2)22(3,19)20/h4-7,10,13H,8-9H2,1-3H3/t10-,13-/m1/s1. The van der Waals surface area contributed by atoms with Crippen LogP contribution in [0.5, 0.6) is 0 Å². The highest BCUT2D eigenvalue weighted by atomic mass is 32.2. The maximum Gasteiger partial charge on any atom is 0.309 e. The lowest BCUT2D eigenvalue weighted by Gasteiger charge is -2.16. The van der Waals surface area contributed by atoms with Gasteiger partial charge in [-0.2, -0.15) is 0 Å². The molecule has 22 heavy (non-hydrogen) atoms. The first-order valence-corrected chi connectivity index (χ1v) is 8.79. The molecule has 0 radical (unpaired) electrons. The Kier molecular flexibility index (Phi) is 4.55. The van der Waals surface area contributed by atoms with Crippen LogP contribution in [-0.2, 0) is 19.6 Å². The van der Waals surface area contributed by atoms with E-state index in [1.54, 1.807) is 12.1 Å². The number of hydrogen-bond acceptors (Lipinski definition) is 5. The maximum absolute atomic E-state index is 11.9. The molecule has 1 aliphatic carbocycles. The summed E-state index contributed by atoms with van der Waals surface area (Å²) in [5.41, 5.74) is 0.838. The van der Waals surface area contributed by atoms with Gasteiger partial charge >= 0.3 is 5.97 Å². The molecule has 1 saturated carbocycles. The first-order valence-electron chi connectivity index (χ1n) is 6.94. The van der Waals surface area contributed by atoms with Crippen LogP contribution in [0.15, 0.2) is 24.3 Å². The van der Waals surface area contributed by atoms with Gasteiger partial charge in [0.25, 0.3) is 0 Å². The smallest absolute Gasteiger partial charge is 0.309 e. The zero-order valence-electron chi connectivity index (χ0n) is 12.8. The summed E-state index contributed by atoms with van der Waals surface area (Å²) in [6, 6.07) is 6.12. The fourth-order valence-corrected chi connectivity index (χ4v) is 2.53. The van der Waals surface area contributed by atoms with Crippen LogP contribution in [0.3, 0.4) is 0 Å². The number of nitrogens with zero attached hydrogens (tertiary/aromatic N) is 1. The Morgan fingerprint density at radius 1 is 1.27 bits per heavy atom. The number of sulfonamides is 1. The quantitative estimate of drug-likeness (QED) is 0.584. The topological polar surface area (TPSA) is 80.8 Å². The van der Waals surface area contributed by atoms with E-state index in [9.17, 15) is 18.0 Å². The normalized spacial score (nSPS) is 20.3. The number of anilines is 1. The van der Waals surface area contributed by atoms with Crippen LogP contribution >= 0.6 is 0 Å². The number of esters is 1. The van der Waals surface area contributed by atoms with Gasteiger partial charge in [0.15, 0.2) is 12.4 Å². The van der Waals surface area contributed by atoms with Crippen LogP contribution in [-0.4, -0.2) is 40.1 Å². The summed E-state index contributed by atoms with van der Waals surface area (Å²) in [6.45, 7) is 1.67. The molecule has 120 valence electrons. The van der Waals surface area contributed by atoms with Gasteiger partial charge in [-0.3, -0.25) is 13.9 Å². The zero-order chi connectivity index (χ0) is 16.5. The van der Waals surface area contributed by atoms with Crippen molar-refractivity contribution < 1.29 is 22.7 Å². The predicted molar refractivity (Wildman–Crippen MR) is 82.2 cm³/mol. The van der Waals surface area contributed by atoms with Gasteiger partial charge in [0.05, 0.1) is 17.9 Å². The zero-order valence-corrected chi connectivity index (χ0v) is 13.6. The van der Waals surface area contributed by atoms with Crippen LogP contribution in [0.2, 0.25) is 0 Å². The molecule has 0 amide bonds. The van der Waals surface area contributed by atoms with E-state index in [-0.39, 0.29) is 24.3 Å².